The highest BCUT2D eigenvalue weighted by Gasteiger charge is 2.15. The molecular formula is C19H23NO3. The molecule has 4 nitrogen and oxygen atoms in total. The lowest BCUT2D eigenvalue weighted by Gasteiger charge is -2.25. The lowest BCUT2D eigenvalue weighted by atomic mass is 10.0. The number of benzene rings is 2. The Bertz CT molecular complexity index is 652. The van der Waals surface area contributed by atoms with Crippen molar-refractivity contribution >= 4 is 5.97 Å². The van der Waals surface area contributed by atoms with Crippen LogP contribution in [0, 0.1) is 0 Å². The van der Waals surface area contributed by atoms with Gasteiger partial charge >= 0.3 is 5.97 Å². The molecule has 0 saturated carbocycles. The fraction of sp³-hybridized carbons (Fsp3) is 0.316. The van der Waals surface area contributed by atoms with Gasteiger partial charge < -0.3 is 9.84 Å². The summed E-state index contributed by atoms with van der Waals surface area (Å²) in [6, 6.07) is 15.1. The van der Waals surface area contributed by atoms with E-state index < -0.39 is 0 Å². The van der Waals surface area contributed by atoms with Gasteiger partial charge in [-0.05, 0) is 49.7 Å². The number of nitrogens with zero attached hydrogens (tertiary/aromatic N) is 1. The summed E-state index contributed by atoms with van der Waals surface area (Å²) in [5, 5.41) is 9.35. The second-order valence-corrected chi connectivity index (χ2v) is 5.78. The van der Waals surface area contributed by atoms with Gasteiger partial charge in [-0.25, -0.2) is 4.79 Å². The predicted molar refractivity (Wildman–Crippen MR) is 90.5 cm³/mol. The number of phenolic OH excluding ortho intramolecular Hbond substituents is 1. The second-order valence-electron chi connectivity index (χ2n) is 5.78. The van der Waals surface area contributed by atoms with E-state index in [2.05, 4.69) is 11.8 Å². The molecule has 0 saturated heterocycles. The Morgan fingerprint density at radius 1 is 1.17 bits per heavy atom. The molecule has 0 radical (unpaired) electrons. The lowest BCUT2D eigenvalue weighted by molar-refractivity contribution is 0.0598. The van der Waals surface area contributed by atoms with E-state index in [9.17, 15) is 9.90 Å². The molecule has 122 valence electrons. The smallest absolute Gasteiger partial charge is 0.338 e. The monoisotopic (exact) mass is 313 g/mol. The number of hydrogen-bond acceptors (Lipinski definition) is 4. The third kappa shape index (κ3) is 4.57. The van der Waals surface area contributed by atoms with Gasteiger partial charge in [-0.15, -0.1) is 0 Å². The number of esters is 1. The van der Waals surface area contributed by atoms with Crippen molar-refractivity contribution in [3.8, 4) is 5.75 Å². The van der Waals surface area contributed by atoms with Crippen molar-refractivity contribution < 1.29 is 14.6 Å². The zero-order valence-corrected chi connectivity index (χ0v) is 13.8. The first-order valence-corrected chi connectivity index (χ1v) is 7.65. The number of hydrogen-bond donors (Lipinski definition) is 1. The molecule has 0 amide bonds. The van der Waals surface area contributed by atoms with E-state index in [1.807, 2.05) is 37.4 Å². The molecule has 1 unspecified atom stereocenters. The summed E-state index contributed by atoms with van der Waals surface area (Å²) in [5.74, 6) is -0.0260. The van der Waals surface area contributed by atoms with E-state index in [0.717, 1.165) is 12.0 Å². The number of phenols is 1. The third-order valence-electron chi connectivity index (χ3n) is 4.06. The molecule has 0 aliphatic rings. The molecule has 2 aromatic carbocycles. The van der Waals surface area contributed by atoms with Gasteiger partial charge in [0.15, 0.2) is 0 Å². The minimum Gasteiger partial charge on any atom is -0.508 e. The minimum absolute atomic E-state index is 0.279. The molecule has 0 bridgehead atoms. The van der Waals surface area contributed by atoms with Gasteiger partial charge in [0, 0.05) is 12.6 Å². The van der Waals surface area contributed by atoms with Crippen molar-refractivity contribution in [3.05, 3.63) is 65.2 Å². The lowest BCUT2D eigenvalue weighted by Crippen LogP contribution is -2.31. The number of ether oxygens (including phenoxy) is 1. The van der Waals surface area contributed by atoms with E-state index in [1.165, 1.54) is 12.7 Å². The van der Waals surface area contributed by atoms with Crippen LogP contribution in [0.4, 0.5) is 0 Å². The SMILES string of the molecule is COC(=O)c1ccccc1CN(C)C(C)Cc1ccc(O)cc1. The van der Waals surface area contributed by atoms with Gasteiger partial charge in [0.1, 0.15) is 5.75 Å². The number of aromatic hydroxyl groups is 1. The summed E-state index contributed by atoms with van der Waals surface area (Å²) in [6.07, 6.45) is 0.872. The normalized spacial score (nSPS) is 12.2. The molecule has 0 aliphatic heterocycles. The summed E-state index contributed by atoms with van der Waals surface area (Å²) in [6.45, 7) is 2.82. The van der Waals surface area contributed by atoms with Crippen LogP contribution < -0.4 is 0 Å². The van der Waals surface area contributed by atoms with Gasteiger partial charge in [0.05, 0.1) is 12.7 Å². The Balaban J connectivity index is 2.05. The van der Waals surface area contributed by atoms with Crippen LogP contribution in [0.2, 0.25) is 0 Å². The van der Waals surface area contributed by atoms with Crippen LogP contribution in [0.1, 0.15) is 28.4 Å². The Labute approximate surface area is 137 Å². The van der Waals surface area contributed by atoms with E-state index >= 15 is 0 Å². The van der Waals surface area contributed by atoms with Crippen LogP contribution in [-0.4, -0.2) is 36.2 Å². The first-order valence-electron chi connectivity index (χ1n) is 7.65. The number of rotatable bonds is 6. The molecule has 0 aromatic heterocycles. The summed E-state index contributed by atoms with van der Waals surface area (Å²) >= 11 is 0. The first kappa shape index (κ1) is 17.0. The van der Waals surface area contributed by atoms with Gasteiger partial charge in [0.2, 0.25) is 0 Å². The molecular weight excluding hydrogens is 290 g/mol. The maximum atomic E-state index is 11.8. The molecule has 0 spiro atoms. The number of carbonyl (C=O) groups excluding carboxylic acids is 1. The van der Waals surface area contributed by atoms with Crippen LogP contribution >= 0.6 is 0 Å². The molecule has 0 aliphatic carbocycles. The van der Waals surface area contributed by atoms with Crippen LogP contribution in [0.15, 0.2) is 48.5 Å². The van der Waals surface area contributed by atoms with Crippen molar-refractivity contribution in [3.63, 3.8) is 0 Å². The Morgan fingerprint density at radius 2 is 1.83 bits per heavy atom. The zero-order chi connectivity index (χ0) is 16.8. The van der Waals surface area contributed by atoms with Crippen LogP contribution in [0.3, 0.4) is 0 Å². The maximum absolute atomic E-state index is 11.8. The molecule has 1 N–H and O–H groups in total. The number of carbonyl (C=O) groups is 1. The Kier molecular flexibility index (Phi) is 5.77. The molecule has 1 atom stereocenters. The third-order valence-corrected chi connectivity index (χ3v) is 4.06. The van der Waals surface area contributed by atoms with E-state index in [1.54, 1.807) is 18.2 Å². The summed E-state index contributed by atoms with van der Waals surface area (Å²) in [5.41, 5.74) is 2.74. The average molecular weight is 313 g/mol. The number of likely N-dealkylation sites (N-methyl/N-ethyl adjacent to an activating group) is 1. The van der Waals surface area contributed by atoms with Crippen LogP contribution in [0.25, 0.3) is 0 Å². The van der Waals surface area contributed by atoms with E-state index in [-0.39, 0.29) is 11.7 Å². The summed E-state index contributed by atoms with van der Waals surface area (Å²) in [4.78, 5) is 14.0. The topological polar surface area (TPSA) is 49.8 Å². The Morgan fingerprint density at radius 3 is 2.48 bits per heavy atom. The van der Waals surface area contributed by atoms with Gasteiger partial charge in [-0.2, -0.15) is 0 Å². The fourth-order valence-electron chi connectivity index (χ4n) is 2.52. The summed E-state index contributed by atoms with van der Waals surface area (Å²) in [7, 11) is 3.44. The highest BCUT2D eigenvalue weighted by Crippen LogP contribution is 2.17. The van der Waals surface area contributed by atoms with Gasteiger partial charge in [0.25, 0.3) is 0 Å². The minimum atomic E-state index is -0.305. The van der Waals surface area contributed by atoms with Crippen molar-refractivity contribution in [1.82, 2.24) is 4.90 Å². The van der Waals surface area contributed by atoms with E-state index in [0.29, 0.717) is 18.2 Å². The first-order chi connectivity index (χ1) is 11.0. The summed E-state index contributed by atoms with van der Waals surface area (Å²) < 4.78 is 4.84. The van der Waals surface area contributed by atoms with Crippen molar-refractivity contribution in [2.75, 3.05) is 14.2 Å². The van der Waals surface area contributed by atoms with Crippen molar-refractivity contribution in [1.29, 1.82) is 0 Å². The molecule has 2 rings (SSSR count). The largest absolute Gasteiger partial charge is 0.508 e. The van der Waals surface area contributed by atoms with Crippen LogP contribution in [0.5, 0.6) is 5.75 Å². The van der Waals surface area contributed by atoms with Crippen LogP contribution in [-0.2, 0) is 17.7 Å². The molecule has 0 heterocycles. The fourth-order valence-corrected chi connectivity index (χ4v) is 2.52. The van der Waals surface area contributed by atoms with Gasteiger partial charge in [-0.1, -0.05) is 30.3 Å². The van der Waals surface area contributed by atoms with E-state index in [4.69, 9.17) is 4.74 Å². The standard InChI is InChI=1S/C19H23NO3/c1-14(12-15-8-10-17(21)11-9-15)20(2)13-16-6-4-5-7-18(16)19(22)23-3/h4-11,14,21H,12-13H2,1-3H3. The second kappa shape index (κ2) is 7.79. The van der Waals surface area contributed by atoms with Crippen molar-refractivity contribution in [2.45, 2.75) is 25.9 Å². The molecule has 2 aromatic rings. The van der Waals surface area contributed by atoms with Crippen molar-refractivity contribution in [2.24, 2.45) is 0 Å². The predicted octanol–water partition coefficient (Wildman–Crippen LogP) is 3.24. The maximum Gasteiger partial charge on any atom is 0.338 e. The quantitative estimate of drug-likeness (QED) is 0.832. The number of methoxy groups -OCH3 is 1. The molecule has 0 fully saturated rings. The highest BCUT2D eigenvalue weighted by molar-refractivity contribution is 5.90. The molecule has 4 heteroatoms. The van der Waals surface area contributed by atoms with Gasteiger partial charge in [-0.3, -0.25) is 4.90 Å². The molecule has 23 heavy (non-hydrogen) atoms. The zero-order valence-electron chi connectivity index (χ0n) is 13.8. The Hall–Kier alpha value is -2.33. The highest BCUT2D eigenvalue weighted by atomic mass is 16.5. The average Bonchev–Trinajstić information content (AvgIpc) is 2.56.